The van der Waals surface area contributed by atoms with E-state index >= 15 is 0 Å². The highest BCUT2D eigenvalue weighted by atomic mass is 15.3. The number of nitrogens with one attached hydrogen (secondary N) is 2. The van der Waals surface area contributed by atoms with Gasteiger partial charge < -0.3 is 10.7 Å². The molecule has 1 heterocycles. The third-order valence-electron chi connectivity index (χ3n) is 3.70. The van der Waals surface area contributed by atoms with Gasteiger partial charge in [0.1, 0.15) is 18.0 Å². The topological polar surface area (TPSA) is 75.9 Å². The van der Waals surface area contributed by atoms with E-state index < -0.39 is 0 Å². The summed E-state index contributed by atoms with van der Waals surface area (Å²) in [7, 11) is 0. The fourth-order valence-electron chi connectivity index (χ4n) is 2.48. The second-order valence-electron chi connectivity index (χ2n) is 4.95. The van der Waals surface area contributed by atoms with Crippen LogP contribution in [0, 0.1) is 5.92 Å². The Morgan fingerprint density at radius 2 is 1.79 bits per heavy atom. The predicted molar refractivity (Wildman–Crippen MR) is 81.0 cm³/mol. The normalized spacial score (nSPS) is 12.5. The van der Waals surface area contributed by atoms with Crippen molar-refractivity contribution in [3.8, 4) is 0 Å². The Bertz CT molecular complexity index is 376. The fraction of sp³-hybridized carbons (Fsp3) is 0.714. The third-order valence-corrected chi connectivity index (χ3v) is 3.70. The molecule has 0 amide bonds. The monoisotopic (exact) mass is 265 g/mol. The van der Waals surface area contributed by atoms with Crippen LogP contribution in [0.2, 0.25) is 0 Å². The van der Waals surface area contributed by atoms with Crippen molar-refractivity contribution < 1.29 is 0 Å². The lowest BCUT2D eigenvalue weighted by atomic mass is 9.95. The zero-order valence-electron chi connectivity index (χ0n) is 12.5. The summed E-state index contributed by atoms with van der Waals surface area (Å²) in [6.07, 6.45) is 5.84. The second-order valence-corrected chi connectivity index (χ2v) is 4.95. The van der Waals surface area contributed by atoms with Crippen molar-refractivity contribution >= 4 is 11.6 Å². The molecular weight excluding hydrogens is 238 g/mol. The van der Waals surface area contributed by atoms with E-state index in [0.29, 0.717) is 12.0 Å². The van der Waals surface area contributed by atoms with Crippen LogP contribution >= 0.6 is 0 Å². The molecule has 0 aromatic carbocycles. The van der Waals surface area contributed by atoms with E-state index in [0.717, 1.165) is 30.0 Å². The Balaban J connectivity index is 2.93. The van der Waals surface area contributed by atoms with Gasteiger partial charge in [-0.1, -0.05) is 40.0 Å². The summed E-state index contributed by atoms with van der Waals surface area (Å²) in [4.78, 5) is 8.56. The van der Waals surface area contributed by atoms with Gasteiger partial charge in [0.25, 0.3) is 0 Å². The molecule has 0 spiro atoms. The van der Waals surface area contributed by atoms with E-state index in [1.807, 2.05) is 0 Å². The molecular formula is C14H27N5. The number of nitrogens with two attached hydrogens (primary N) is 1. The Morgan fingerprint density at radius 3 is 2.32 bits per heavy atom. The van der Waals surface area contributed by atoms with E-state index in [1.165, 1.54) is 12.8 Å². The summed E-state index contributed by atoms with van der Waals surface area (Å²) in [5.74, 6) is 7.80. The first-order valence-corrected chi connectivity index (χ1v) is 7.24. The maximum absolute atomic E-state index is 5.52. The van der Waals surface area contributed by atoms with Crippen LogP contribution in [-0.4, -0.2) is 16.0 Å². The lowest BCUT2D eigenvalue weighted by Gasteiger charge is -2.24. The lowest BCUT2D eigenvalue weighted by Crippen LogP contribution is -2.26. The number of hydrogen-bond donors (Lipinski definition) is 3. The highest BCUT2D eigenvalue weighted by molar-refractivity contribution is 5.57. The number of anilines is 2. The van der Waals surface area contributed by atoms with Gasteiger partial charge in [-0.05, 0) is 19.3 Å². The van der Waals surface area contributed by atoms with Crippen LogP contribution in [0.5, 0.6) is 0 Å². The minimum Gasteiger partial charge on any atom is -0.367 e. The number of nitrogen functional groups attached to an aromatic ring is 1. The van der Waals surface area contributed by atoms with Crippen LogP contribution in [-0.2, 0) is 6.42 Å². The van der Waals surface area contributed by atoms with Gasteiger partial charge in [-0.3, -0.25) is 0 Å². The molecule has 0 aliphatic carbocycles. The van der Waals surface area contributed by atoms with Crippen molar-refractivity contribution in [3.05, 3.63) is 11.9 Å². The summed E-state index contributed by atoms with van der Waals surface area (Å²) >= 11 is 0. The first kappa shape index (κ1) is 15.7. The summed E-state index contributed by atoms with van der Waals surface area (Å²) < 4.78 is 0. The average molecular weight is 265 g/mol. The highest BCUT2D eigenvalue weighted by Gasteiger charge is 2.17. The van der Waals surface area contributed by atoms with Crippen LogP contribution < -0.4 is 16.6 Å². The Labute approximate surface area is 116 Å². The van der Waals surface area contributed by atoms with Crippen LogP contribution in [0.25, 0.3) is 0 Å². The maximum atomic E-state index is 5.52. The zero-order chi connectivity index (χ0) is 14.3. The number of rotatable bonds is 8. The van der Waals surface area contributed by atoms with E-state index in [2.05, 4.69) is 48.4 Å². The molecule has 0 radical (unpaired) electrons. The molecule has 1 unspecified atom stereocenters. The first-order chi connectivity index (χ1) is 9.17. The molecule has 0 aliphatic heterocycles. The van der Waals surface area contributed by atoms with E-state index in [-0.39, 0.29) is 0 Å². The predicted octanol–water partition coefficient (Wildman–Crippen LogP) is 2.95. The van der Waals surface area contributed by atoms with Crippen LogP contribution in [0.1, 0.15) is 52.5 Å². The molecule has 1 rings (SSSR count). The van der Waals surface area contributed by atoms with E-state index in [1.54, 1.807) is 6.33 Å². The van der Waals surface area contributed by atoms with Gasteiger partial charge in [0.15, 0.2) is 0 Å². The van der Waals surface area contributed by atoms with Crippen LogP contribution in [0.15, 0.2) is 6.33 Å². The van der Waals surface area contributed by atoms with E-state index in [9.17, 15) is 0 Å². The molecule has 0 saturated carbocycles. The summed E-state index contributed by atoms with van der Waals surface area (Å²) in [5, 5.41) is 3.53. The quantitative estimate of drug-likeness (QED) is 0.497. The Hall–Kier alpha value is -1.36. The van der Waals surface area contributed by atoms with Gasteiger partial charge in [-0.15, -0.1) is 0 Å². The van der Waals surface area contributed by atoms with Crippen LogP contribution in [0.4, 0.5) is 11.6 Å². The van der Waals surface area contributed by atoms with Crippen molar-refractivity contribution in [2.75, 3.05) is 10.7 Å². The molecule has 108 valence electrons. The molecule has 1 atom stereocenters. The van der Waals surface area contributed by atoms with Gasteiger partial charge in [0, 0.05) is 11.6 Å². The molecule has 1 aromatic rings. The largest absolute Gasteiger partial charge is 0.367 e. The van der Waals surface area contributed by atoms with Crippen molar-refractivity contribution in [2.45, 2.75) is 59.4 Å². The number of hydrazine groups is 1. The summed E-state index contributed by atoms with van der Waals surface area (Å²) in [6, 6.07) is 0.395. The molecule has 5 nitrogen and oxygen atoms in total. The number of nitrogens with zero attached hydrogens (tertiary/aromatic N) is 2. The lowest BCUT2D eigenvalue weighted by molar-refractivity contribution is 0.436. The zero-order valence-corrected chi connectivity index (χ0v) is 12.5. The molecule has 1 aromatic heterocycles. The molecule has 0 saturated heterocycles. The Kier molecular flexibility index (Phi) is 6.56. The van der Waals surface area contributed by atoms with Crippen molar-refractivity contribution in [1.29, 1.82) is 0 Å². The Morgan fingerprint density at radius 1 is 1.16 bits per heavy atom. The van der Waals surface area contributed by atoms with Gasteiger partial charge in [-0.25, -0.2) is 15.8 Å². The van der Waals surface area contributed by atoms with Crippen LogP contribution in [0.3, 0.4) is 0 Å². The maximum Gasteiger partial charge on any atom is 0.148 e. The highest BCUT2D eigenvalue weighted by Crippen LogP contribution is 2.24. The molecule has 4 N–H and O–H groups in total. The van der Waals surface area contributed by atoms with Crippen molar-refractivity contribution in [2.24, 2.45) is 11.8 Å². The third kappa shape index (κ3) is 4.06. The molecule has 19 heavy (non-hydrogen) atoms. The summed E-state index contributed by atoms with van der Waals surface area (Å²) in [6.45, 7) is 8.81. The molecule has 5 heteroatoms. The SMILES string of the molecule is CCCc1c(NN)ncnc1NC(C)C(CC)CC. The van der Waals surface area contributed by atoms with Gasteiger partial charge in [-0.2, -0.15) is 0 Å². The molecule has 0 fully saturated rings. The van der Waals surface area contributed by atoms with E-state index in [4.69, 9.17) is 5.84 Å². The minimum atomic E-state index is 0.395. The van der Waals surface area contributed by atoms with Gasteiger partial charge >= 0.3 is 0 Å². The second kappa shape index (κ2) is 7.94. The fourth-order valence-corrected chi connectivity index (χ4v) is 2.48. The number of aromatic nitrogens is 2. The molecule has 0 bridgehead atoms. The average Bonchev–Trinajstić information content (AvgIpc) is 2.42. The molecule has 0 aliphatic rings. The smallest absolute Gasteiger partial charge is 0.148 e. The first-order valence-electron chi connectivity index (χ1n) is 7.24. The minimum absolute atomic E-state index is 0.395. The number of hydrogen-bond acceptors (Lipinski definition) is 5. The van der Waals surface area contributed by atoms with Gasteiger partial charge in [0.05, 0.1) is 0 Å². The van der Waals surface area contributed by atoms with Gasteiger partial charge in [0.2, 0.25) is 0 Å². The summed E-state index contributed by atoms with van der Waals surface area (Å²) in [5.41, 5.74) is 3.73. The van der Waals surface area contributed by atoms with Crippen molar-refractivity contribution in [3.63, 3.8) is 0 Å². The standard InChI is InChI=1S/C14H27N5/c1-5-8-12-13(16-9-17-14(12)19-15)18-10(4)11(6-2)7-3/h9-11H,5-8,15H2,1-4H3,(H2,16,17,18,19). The van der Waals surface area contributed by atoms with Crippen molar-refractivity contribution in [1.82, 2.24) is 9.97 Å².